The standard InChI is InChI=1S/C15H18N4O2/c1-3-16-12-5-6-13(17-10-12)15(20)19-9-11-4-7-14(21-2)18-8-11/h4-8,10,16H,3,9H2,1-2H3,(H,19,20). The highest BCUT2D eigenvalue weighted by Gasteiger charge is 2.07. The second kappa shape index (κ2) is 7.23. The SMILES string of the molecule is CCNc1ccc(C(=O)NCc2ccc(OC)nc2)nc1. The Balaban J connectivity index is 1.91. The van der Waals surface area contributed by atoms with Crippen molar-refractivity contribution in [1.82, 2.24) is 15.3 Å². The number of nitrogens with one attached hydrogen (secondary N) is 2. The normalized spacial score (nSPS) is 10.0. The molecule has 0 bridgehead atoms. The lowest BCUT2D eigenvalue weighted by Gasteiger charge is -2.06. The number of hydrogen-bond acceptors (Lipinski definition) is 5. The first-order chi connectivity index (χ1) is 10.2. The van der Waals surface area contributed by atoms with Crippen LogP contribution in [0.15, 0.2) is 36.7 Å². The number of amides is 1. The van der Waals surface area contributed by atoms with Crippen LogP contribution in [0, 0.1) is 0 Å². The molecule has 1 amide bonds. The molecule has 0 spiro atoms. The molecule has 6 heteroatoms. The van der Waals surface area contributed by atoms with E-state index in [2.05, 4.69) is 20.6 Å². The van der Waals surface area contributed by atoms with Crippen LogP contribution >= 0.6 is 0 Å². The van der Waals surface area contributed by atoms with Crippen molar-refractivity contribution in [1.29, 1.82) is 0 Å². The summed E-state index contributed by atoms with van der Waals surface area (Å²) in [4.78, 5) is 20.2. The van der Waals surface area contributed by atoms with Gasteiger partial charge in [-0.3, -0.25) is 4.79 Å². The Kier molecular flexibility index (Phi) is 5.09. The fourth-order valence-electron chi connectivity index (χ4n) is 1.75. The van der Waals surface area contributed by atoms with Crippen LogP contribution in [0.2, 0.25) is 0 Å². The Hall–Kier alpha value is -2.63. The summed E-state index contributed by atoms with van der Waals surface area (Å²) < 4.78 is 4.98. The highest BCUT2D eigenvalue weighted by molar-refractivity contribution is 5.92. The van der Waals surface area contributed by atoms with E-state index in [1.165, 1.54) is 0 Å². The quantitative estimate of drug-likeness (QED) is 0.847. The topological polar surface area (TPSA) is 76.1 Å². The number of carbonyl (C=O) groups is 1. The van der Waals surface area contributed by atoms with Crippen molar-refractivity contribution in [3.8, 4) is 5.88 Å². The molecular formula is C15H18N4O2. The summed E-state index contributed by atoms with van der Waals surface area (Å²) in [7, 11) is 1.56. The van der Waals surface area contributed by atoms with Gasteiger partial charge in [0.05, 0.1) is 19.0 Å². The fourth-order valence-corrected chi connectivity index (χ4v) is 1.75. The number of ether oxygens (including phenoxy) is 1. The van der Waals surface area contributed by atoms with Gasteiger partial charge >= 0.3 is 0 Å². The molecule has 2 aromatic heterocycles. The van der Waals surface area contributed by atoms with E-state index in [4.69, 9.17) is 4.74 Å². The maximum absolute atomic E-state index is 12.0. The molecule has 0 aromatic carbocycles. The van der Waals surface area contributed by atoms with Crippen LogP contribution in [0.4, 0.5) is 5.69 Å². The van der Waals surface area contributed by atoms with Gasteiger partial charge in [0.25, 0.3) is 5.91 Å². The number of aromatic nitrogens is 2. The summed E-state index contributed by atoms with van der Waals surface area (Å²) >= 11 is 0. The Labute approximate surface area is 123 Å². The Morgan fingerprint density at radius 1 is 1.19 bits per heavy atom. The molecule has 2 rings (SSSR count). The van der Waals surface area contributed by atoms with Gasteiger partial charge in [-0.15, -0.1) is 0 Å². The number of nitrogens with zero attached hydrogens (tertiary/aromatic N) is 2. The summed E-state index contributed by atoms with van der Waals surface area (Å²) in [5.74, 6) is 0.333. The maximum Gasteiger partial charge on any atom is 0.270 e. The van der Waals surface area contributed by atoms with E-state index in [0.29, 0.717) is 18.1 Å². The highest BCUT2D eigenvalue weighted by Crippen LogP contribution is 2.08. The molecule has 0 saturated heterocycles. The summed E-state index contributed by atoms with van der Waals surface area (Å²) in [5, 5.41) is 5.93. The second-order valence-electron chi connectivity index (χ2n) is 4.35. The van der Waals surface area contributed by atoms with Crippen LogP contribution in [-0.4, -0.2) is 29.5 Å². The molecule has 6 nitrogen and oxygen atoms in total. The first-order valence-corrected chi connectivity index (χ1v) is 6.70. The van der Waals surface area contributed by atoms with Crippen molar-refractivity contribution in [2.45, 2.75) is 13.5 Å². The average molecular weight is 286 g/mol. The van der Waals surface area contributed by atoms with Gasteiger partial charge in [0, 0.05) is 25.4 Å². The minimum atomic E-state index is -0.214. The van der Waals surface area contributed by atoms with Gasteiger partial charge in [0.1, 0.15) is 5.69 Å². The monoisotopic (exact) mass is 286 g/mol. The first-order valence-electron chi connectivity index (χ1n) is 6.70. The lowest BCUT2D eigenvalue weighted by atomic mass is 10.2. The number of carbonyl (C=O) groups excluding carboxylic acids is 1. The highest BCUT2D eigenvalue weighted by atomic mass is 16.5. The van der Waals surface area contributed by atoms with E-state index in [1.54, 1.807) is 31.6 Å². The summed E-state index contributed by atoms with van der Waals surface area (Å²) in [6.45, 7) is 3.22. The van der Waals surface area contributed by atoms with E-state index >= 15 is 0 Å². The maximum atomic E-state index is 12.0. The van der Waals surface area contributed by atoms with E-state index in [9.17, 15) is 4.79 Å². The van der Waals surface area contributed by atoms with Crippen LogP contribution in [0.25, 0.3) is 0 Å². The molecule has 0 atom stereocenters. The van der Waals surface area contributed by atoms with Crippen molar-refractivity contribution in [3.63, 3.8) is 0 Å². The Bertz CT molecular complexity index is 582. The first kappa shape index (κ1) is 14.8. The molecule has 2 N–H and O–H groups in total. The molecule has 0 saturated carbocycles. The average Bonchev–Trinajstić information content (AvgIpc) is 2.54. The lowest BCUT2D eigenvalue weighted by molar-refractivity contribution is 0.0946. The van der Waals surface area contributed by atoms with Crippen LogP contribution < -0.4 is 15.4 Å². The molecule has 0 aliphatic carbocycles. The van der Waals surface area contributed by atoms with Gasteiger partial charge < -0.3 is 15.4 Å². The smallest absolute Gasteiger partial charge is 0.270 e. The predicted molar refractivity (Wildman–Crippen MR) is 80.4 cm³/mol. The van der Waals surface area contributed by atoms with E-state index in [-0.39, 0.29) is 5.91 Å². The van der Waals surface area contributed by atoms with Gasteiger partial charge in [-0.25, -0.2) is 9.97 Å². The second-order valence-corrected chi connectivity index (χ2v) is 4.35. The number of anilines is 1. The third kappa shape index (κ3) is 4.17. The molecule has 21 heavy (non-hydrogen) atoms. The molecule has 0 aliphatic heterocycles. The minimum Gasteiger partial charge on any atom is -0.481 e. The Morgan fingerprint density at radius 2 is 2.05 bits per heavy atom. The number of rotatable bonds is 6. The zero-order valence-corrected chi connectivity index (χ0v) is 12.1. The van der Waals surface area contributed by atoms with Gasteiger partial charge in [-0.2, -0.15) is 0 Å². The molecule has 0 unspecified atom stereocenters. The summed E-state index contributed by atoms with van der Waals surface area (Å²) in [5.41, 5.74) is 2.18. The lowest BCUT2D eigenvalue weighted by Crippen LogP contribution is -2.23. The number of pyridine rings is 2. The Morgan fingerprint density at radius 3 is 2.62 bits per heavy atom. The predicted octanol–water partition coefficient (Wildman–Crippen LogP) is 1.85. The summed E-state index contributed by atoms with van der Waals surface area (Å²) in [6, 6.07) is 7.14. The molecule has 2 heterocycles. The van der Waals surface area contributed by atoms with Gasteiger partial charge in [-0.1, -0.05) is 6.07 Å². The van der Waals surface area contributed by atoms with Gasteiger partial charge in [0.2, 0.25) is 5.88 Å². The third-order valence-corrected chi connectivity index (χ3v) is 2.84. The molecule has 2 aromatic rings. The summed E-state index contributed by atoms with van der Waals surface area (Å²) in [6.07, 6.45) is 3.31. The zero-order chi connectivity index (χ0) is 15.1. The van der Waals surface area contributed by atoms with Crippen molar-refractivity contribution in [2.24, 2.45) is 0 Å². The van der Waals surface area contributed by atoms with Crippen LogP contribution in [0.3, 0.4) is 0 Å². The van der Waals surface area contributed by atoms with E-state index in [1.807, 2.05) is 19.1 Å². The molecule has 0 radical (unpaired) electrons. The molecule has 0 aliphatic rings. The number of methoxy groups -OCH3 is 1. The van der Waals surface area contributed by atoms with Crippen molar-refractivity contribution >= 4 is 11.6 Å². The molecular weight excluding hydrogens is 268 g/mol. The fraction of sp³-hybridized carbons (Fsp3) is 0.267. The zero-order valence-electron chi connectivity index (χ0n) is 12.1. The minimum absolute atomic E-state index is 0.214. The van der Waals surface area contributed by atoms with Crippen molar-refractivity contribution in [2.75, 3.05) is 19.0 Å². The van der Waals surface area contributed by atoms with Crippen LogP contribution in [0.1, 0.15) is 23.0 Å². The van der Waals surface area contributed by atoms with Gasteiger partial charge in [0.15, 0.2) is 0 Å². The molecule has 0 fully saturated rings. The van der Waals surface area contributed by atoms with Crippen LogP contribution in [-0.2, 0) is 6.54 Å². The van der Waals surface area contributed by atoms with Gasteiger partial charge in [-0.05, 0) is 24.6 Å². The largest absolute Gasteiger partial charge is 0.481 e. The van der Waals surface area contributed by atoms with Crippen molar-refractivity contribution in [3.05, 3.63) is 47.9 Å². The van der Waals surface area contributed by atoms with E-state index in [0.717, 1.165) is 17.8 Å². The van der Waals surface area contributed by atoms with E-state index < -0.39 is 0 Å². The van der Waals surface area contributed by atoms with Crippen LogP contribution in [0.5, 0.6) is 5.88 Å². The molecule has 110 valence electrons. The van der Waals surface area contributed by atoms with Crippen molar-refractivity contribution < 1.29 is 9.53 Å². The third-order valence-electron chi connectivity index (χ3n) is 2.84. The number of hydrogen-bond donors (Lipinski definition) is 2.